The molecule has 2 rings (SSSR count). The molecule has 0 heterocycles. The number of carbonyl (C=O) groups excluding carboxylic acids is 2. The first-order valence-corrected chi connectivity index (χ1v) is 7.68. The minimum absolute atomic E-state index is 0.0480. The van der Waals surface area contributed by atoms with E-state index >= 15 is 0 Å². The van der Waals surface area contributed by atoms with E-state index in [1.807, 2.05) is 0 Å². The van der Waals surface area contributed by atoms with Gasteiger partial charge in [-0.3, -0.25) is 9.59 Å². The lowest BCUT2D eigenvalue weighted by Crippen LogP contribution is -2.31. The fourth-order valence-electron chi connectivity index (χ4n) is 2.12. The van der Waals surface area contributed by atoms with Gasteiger partial charge in [-0.25, -0.2) is 0 Å². The number of alkyl halides is 3. The number of anilines is 1. The molecule has 0 aliphatic rings. The van der Waals surface area contributed by atoms with Gasteiger partial charge in [-0.05, 0) is 29.8 Å². The number of methoxy groups -OCH3 is 1. The monoisotopic (exact) mass is 386 g/mol. The van der Waals surface area contributed by atoms with E-state index in [1.54, 1.807) is 17.4 Å². The first-order valence-electron chi connectivity index (χ1n) is 7.30. The molecule has 0 aromatic heterocycles. The van der Waals surface area contributed by atoms with Gasteiger partial charge in [0.25, 0.3) is 5.91 Å². The molecule has 0 radical (unpaired) electrons. The van der Waals surface area contributed by atoms with Crippen LogP contribution in [0.15, 0.2) is 42.5 Å². The molecule has 0 saturated carbocycles. The number of carbonyl (C=O) groups is 2. The zero-order chi connectivity index (χ0) is 19.3. The first kappa shape index (κ1) is 19.6. The van der Waals surface area contributed by atoms with Crippen LogP contribution in [0.1, 0.15) is 15.9 Å². The van der Waals surface area contributed by atoms with Gasteiger partial charge in [0.15, 0.2) is 0 Å². The molecular formula is C17H14ClF3N2O3. The molecule has 5 nitrogen and oxygen atoms in total. The number of benzene rings is 2. The molecule has 138 valence electrons. The van der Waals surface area contributed by atoms with Gasteiger partial charge in [-0.2, -0.15) is 13.2 Å². The van der Waals surface area contributed by atoms with Gasteiger partial charge in [-0.1, -0.05) is 29.8 Å². The van der Waals surface area contributed by atoms with Crippen LogP contribution in [0.5, 0.6) is 5.75 Å². The van der Waals surface area contributed by atoms with Crippen molar-refractivity contribution >= 4 is 29.1 Å². The SMILES string of the molecule is COc1ccc(Cl)cc1C(=O)NCc1ccccc1NC(=O)C(F)(F)F. The predicted molar refractivity (Wildman–Crippen MR) is 90.3 cm³/mol. The Kier molecular flexibility index (Phi) is 6.10. The standard InChI is InChI=1S/C17H14ClF3N2O3/c1-26-14-7-6-11(18)8-12(14)15(24)22-9-10-4-2-3-5-13(10)23-16(25)17(19,20)21/h2-8H,9H2,1H3,(H,22,24)(H,23,25). The summed E-state index contributed by atoms with van der Waals surface area (Å²) in [6.07, 6.45) is -5.01. The number of nitrogens with one attached hydrogen (secondary N) is 2. The van der Waals surface area contributed by atoms with Gasteiger partial charge >= 0.3 is 12.1 Å². The summed E-state index contributed by atoms with van der Waals surface area (Å²) in [6.45, 7) is -0.108. The predicted octanol–water partition coefficient (Wildman–Crippen LogP) is 3.78. The van der Waals surface area contributed by atoms with E-state index in [9.17, 15) is 22.8 Å². The van der Waals surface area contributed by atoms with Crippen molar-refractivity contribution in [2.75, 3.05) is 12.4 Å². The quantitative estimate of drug-likeness (QED) is 0.821. The van der Waals surface area contributed by atoms with Crippen LogP contribution >= 0.6 is 11.6 Å². The lowest BCUT2D eigenvalue weighted by Gasteiger charge is -2.14. The Morgan fingerprint density at radius 1 is 1.15 bits per heavy atom. The lowest BCUT2D eigenvalue weighted by molar-refractivity contribution is -0.167. The molecule has 0 bridgehead atoms. The average Bonchev–Trinajstić information content (AvgIpc) is 2.59. The highest BCUT2D eigenvalue weighted by Gasteiger charge is 2.38. The fraction of sp³-hybridized carbons (Fsp3) is 0.176. The molecule has 9 heteroatoms. The number of amides is 2. The van der Waals surface area contributed by atoms with Gasteiger partial charge in [0.2, 0.25) is 0 Å². The summed E-state index contributed by atoms with van der Waals surface area (Å²) in [7, 11) is 1.39. The maximum atomic E-state index is 12.4. The Morgan fingerprint density at radius 2 is 1.85 bits per heavy atom. The molecule has 0 aliphatic heterocycles. The summed E-state index contributed by atoms with van der Waals surface area (Å²) < 4.78 is 42.3. The van der Waals surface area contributed by atoms with Crippen molar-refractivity contribution < 1.29 is 27.5 Å². The molecule has 0 saturated heterocycles. The first-order chi connectivity index (χ1) is 12.2. The minimum Gasteiger partial charge on any atom is -0.496 e. The second-order valence-electron chi connectivity index (χ2n) is 5.14. The van der Waals surface area contributed by atoms with Crippen molar-refractivity contribution in [3.8, 4) is 5.75 Å². The van der Waals surface area contributed by atoms with Crippen LogP contribution < -0.4 is 15.4 Å². The summed E-state index contributed by atoms with van der Waals surface area (Å²) in [6, 6.07) is 10.3. The number of ether oxygens (including phenoxy) is 1. The van der Waals surface area contributed by atoms with Gasteiger partial charge in [0.05, 0.1) is 12.7 Å². The molecule has 2 aromatic carbocycles. The third kappa shape index (κ3) is 4.89. The van der Waals surface area contributed by atoms with E-state index in [4.69, 9.17) is 16.3 Å². The lowest BCUT2D eigenvalue weighted by atomic mass is 10.1. The Bertz CT molecular complexity index is 825. The zero-order valence-corrected chi connectivity index (χ0v) is 14.2. The van der Waals surface area contributed by atoms with Crippen LogP contribution in [-0.2, 0) is 11.3 Å². The summed E-state index contributed by atoms with van der Waals surface area (Å²) in [5.74, 6) is -2.32. The van der Waals surface area contributed by atoms with Crippen molar-refractivity contribution in [2.24, 2.45) is 0 Å². The van der Waals surface area contributed by atoms with Crippen LogP contribution in [0.4, 0.5) is 18.9 Å². The van der Waals surface area contributed by atoms with Crippen molar-refractivity contribution in [2.45, 2.75) is 12.7 Å². The summed E-state index contributed by atoms with van der Waals surface area (Å²) in [5, 5.41) is 4.67. The normalized spacial score (nSPS) is 11.0. The van der Waals surface area contributed by atoms with Crippen LogP contribution in [0.25, 0.3) is 0 Å². The second-order valence-corrected chi connectivity index (χ2v) is 5.57. The number of para-hydroxylation sites is 1. The molecule has 2 aromatic rings. The molecular weight excluding hydrogens is 373 g/mol. The Labute approximate surface area is 152 Å². The van der Waals surface area contributed by atoms with E-state index in [0.717, 1.165) is 0 Å². The minimum atomic E-state index is -5.01. The summed E-state index contributed by atoms with van der Waals surface area (Å²) in [4.78, 5) is 23.4. The van der Waals surface area contributed by atoms with Crippen molar-refractivity contribution in [1.82, 2.24) is 5.32 Å². The van der Waals surface area contributed by atoms with Crippen LogP contribution in [0.3, 0.4) is 0 Å². The largest absolute Gasteiger partial charge is 0.496 e. The smallest absolute Gasteiger partial charge is 0.471 e. The number of rotatable bonds is 5. The van der Waals surface area contributed by atoms with E-state index in [2.05, 4.69) is 5.32 Å². The van der Waals surface area contributed by atoms with Crippen molar-refractivity contribution in [1.29, 1.82) is 0 Å². The zero-order valence-electron chi connectivity index (χ0n) is 13.5. The maximum absolute atomic E-state index is 12.4. The molecule has 0 fully saturated rings. The van der Waals surface area contributed by atoms with Crippen LogP contribution in [0, 0.1) is 0 Å². The number of hydrogen-bond donors (Lipinski definition) is 2. The number of halogens is 4. The highest BCUT2D eigenvalue weighted by molar-refractivity contribution is 6.31. The molecule has 26 heavy (non-hydrogen) atoms. The molecule has 0 aliphatic carbocycles. The fourth-order valence-corrected chi connectivity index (χ4v) is 2.29. The summed E-state index contributed by atoms with van der Waals surface area (Å²) >= 11 is 5.87. The Balaban J connectivity index is 2.14. The highest BCUT2D eigenvalue weighted by Crippen LogP contribution is 2.24. The van der Waals surface area contributed by atoms with Crippen molar-refractivity contribution in [3.63, 3.8) is 0 Å². The van der Waals surface area contributed by atoms with Crippen LogP contribution in [-0.4, -0.2) is 25.1 Å². The third-order valence-corrected chi connectivity index (χ3v) is 3.60. The highest BCUT2D eigenvalue weighted by atomic mass is 35.5. The second kappa shape index (κ2) is 8.09. The third-order valence-electron chi connectivity index (χ3n) is 3.37. The maximum Gasteiger partial charge on any atom is 0.471 e. The molecule has 0 spiro atoms. The Morgan fingerprint density at radius 3 is 2.50 bits per heavy atom. The molecule has 0 unspecified atom stereocenters. The average molecular weight is 387 g/mol. The van der Waals surface area contributed by atoms with Gasteiger partial charge in [-0.15, -0.1) is 0 Å². The topological polar surface area (TPSA) is 67.4 Å². The van der Waals surface area contributed by atoms with Gasteiger partial charge in [0, 0.05) is 17.3 Å². The summed E-state index contributed by atoms with van der Waals surface area (Å²) in [5.41, 5.74) is 0.435. The van der Waals surface area contributed by atoms with E-state index < -0.39 is 18.0 Å². The van der Waals surface area contributed by atoms with E-state index in [0.29, 0.717) is 16.3 Å². The number of hydrogen-bond acceptors (Lipinski definition) is 3. The molecule has 0 atom stereocenters. The Hall–Kier alpha value is -2.74. The molecule has 2 N–H and O–H groups in total. The van der Waals surface area contributed by atoms with Gasteiger partial charge < -0.3 is 15.4 Å². The van der Waals surface area contributed by atoms with Crippen LogP contribution in [0.2, 0.25) is 5.02 Å². The van der Waals surface area contributed by atoms with E-state index in [1.165, 1.54) is 37.4 Å². The van der Waals surface area contributed by atoms with Crippen molar-refractivity contribution in [3.05, 3.63) is 58.6 Å². The van der Waals surface area contributed by atoms with E-state index in [-0.39, 0.29) is 17.8 Å². The molecule has 2 amide bonds. The van der Waals surface area contributed by atoms with Gasteiger partial charge in [0.1, 0.15) is 5.75 Å².